The van der Waals surface area contributed by atoms with Crippen LogP contribution in [-0.4, -0.2) is 24.9 Å². The summed E-state index contributed by atoms with van der Waals surface area (Å²) < 4.78 is 5.12. The molecule has 0 fully saturated rings. The van der Waals surface area contributed by atoms with Gasteiger partial charge in [0.05, 0.1) is 13.2 Å². The summed E-state index contributed by atoms with van der Waals surface area (Å²) in [6.07, 6.45) is 1.98. The summed E-state index contributed by atoms with van der Waals surface area (Å²) in [7, 11) is 1.64. The number of benzene rings is 1. The fourth-order valence-electron chi connectivity index (χ4n) is 1.53. The Morgan fingerprint density at radius 3 is 2.93 bits per heavy atom. The van der Waals surface area contributed by atoms with Crippen LogP contribution in [0.2, 0.25) is 0 Å². The van der Waals surface area contributed by atoms with Crippen molar-refractivity contribution in [3.05, 3.63) is 29.8 Å². The smallest absolute Gasteiger partial charge is 0.119 e. The van der Waals surface area contributed by atoms with Gasteiger partial charge in [0, 0.05) is 0 Å². The second kappa shape index (κ2) is 6.43. The van der Waals surface area contributed by atoms with Gasteiger partial charge in [0.2, 0.25) is 0 Å². The monoisotopic (exact) mass is 209 g/mol. The van der Waals surface area contributed by atoms with E-state index < -0.39 is 0 Å². The number of aliphatic hydroxyl groups excluding tert-OH is 1. The van der Waals surface area contributed by atoms with Crippen LogP contribution in [-0.2, 0) is 6.42 Å². The Hall–Kier alpha value is -1.06. The summed E-state index contributed by atoms with van der Waals surface area (Å²) in [5, 5.41) is 9.70. The zero-order valence-corrected chi connectivity index (χ0v) is 9.15. The van der Waals surface area contributed by atoms with Gasteiger partial charge in [0.15, 0.2) is 0 Å². The summed E-state index contributed by atoms with van der Waals surface area (Å²) in [5.41, 5.74) is 6.48. The molecule has 1 unspecified atom stereocenters. The molecule has 0 aromatic heterocycles. The van der Waals surface area contributed by atoms with Crippen LogP contribution in [0.3, 0.4) is 0 Å². The average molecular weight is 209 g/mol. The van der Waals surface area contributed by atoms with Gasteiger partial charge in [0.25, 0.3) is 0 Å². The van der Waals surface area contributed by atoms with E-state index >= 15 is 0 Å². The zero-order valence-electron chi connectivity index (χ0n) is 9.15. The third kappa shape index (κ3) is 4.32. The number of aliphatic hydroxyl groups is 1. The highest BCUT2D eigenvalue weighted by molar-refractivity contribution is 5.28. The van der Waals surface area contributed by atoms with E-state index in [-0.39, 0.29) is 6.10 Å². The molecule has 0 amide bonds. The molecule has 0 bridgehead atoms. The van der Waals surface area contributed by atoms with Gasteiger partial charge in [-0.2, -0.15) is 0 Å². The molecule has 3 heteroatoms. The van der Waals surface area contributed by atoms with Gasteiger partial charge in [-0.05, 0) is 43.5 Å². The first-order valence-corrected chi connectivity index (χ1v) is 5.27. The second-order valence-corrected chi connectivity index (χ2v) is 3.64. The SMILES string of the molecule is COc1cccc(CC(O)CCCN)c1. The van der Waals surface area contributed by atoms with Gasteiger partial charge in [-0.15, -0.1) is 0 Å². The lowest BCUT2D eigenvalue weighted by molar-refractivity contribution is 0.163. The molecule has 1 aromatic carbocycles. The zero-order chi connectivity index (χ0) is 11.1. The number of rotatable bonds is 6. The van der Waals surface area contributed by atoms with Crippen LogP contribution in [0.25, 0.3) is 0 Å². The standard InChI is InChI=1S/C12H19NO2/c1-15-12-6-2-4-10(9-12)8-11(14)5-3-7-13/h2,4,6,9,11,14H,3,5,7-8,13H2,1H3. The Morgan fingerprint density at radius 1 is 1.47 bits per heavy atom. The summed E-state index contributed by atoms with van der Waals surface area (Å²) in [6, 6.07) is 7.78. The highest BCUT2D eigenvalue weighted by atomic mass is 16.5. The predicted molar refractivity (Wildman–Crippen MR) is 61.0 cm³/mol. The number of ether oxygens (including phenoxy) is 1. The van der Waals surface area contributed by atoms with E-state index in [1.165, 1.54) is 0 Å². The maximum absolute atomic E-state index is 9.70. The first-order chi connectivity index (χ1) is 7.26. The van der Waals surface area contributed by atoms with Crippen molar-refractivity contribution in [2.75, 3.05) is 13.7 Å². The van der Waals surface area contributed by atoms with Crippen LogP contribution in [0.15, 0.2) is 24.3 Å². The van der Waals surface area contributed by atoms with Crippen molar-refractivity contribution >= 4 is 0 Å². The molecular weight excluding hydrogens is 190 g/mol. The van der Waals surface area contributed by atoms with Gasteiger partial charge >= 0.3 is 0 Å². The minimum atomic E-state index is -0.305. The Kier molecular flexibility index (Phi) is 5.15. The molecule has 84 valence electrons. The summed E-state index contributed by atoms with van der Waals surface area (Å²) in [6.45, 7) is 0.634. The molecule has 0 aliphatic carbocycles. The van der Waals surface area contributed by atoms with Gasteiger partial charge in [-0.1, -0.05) is 12.1 Å². The van der Waals surface area contributed by atoms with Gasteiger partial charge in [0.1, 0.15) is 5.75 Å². The van der Waals surface area contributed by atoms with Crippen LogP contribution < -0.4 is 10.5 Å². The predicted octanol–water partition coefficient (Wildman–Crippen LogP) is 1.34. The van der Waals surface area contributed by atoms with Gasteiger partial charge in [-0.25, -0.2) is 0 Å². The van der Waals surface area contributed by atoms with Gasteiger partial charge < -0.3 is 15.6 Å². The summed E-state index contributed by atoms with van der Waals surface area (Å²) in [4.78, 5) is 0. The van der Waals surface area contributed by atoms with Crippen LogP contribution in [0.1, 0.15) is 18.4 Å². The van der Waals surface area contributed by atoms with Crippen molar-refractivity contribution in [2.45, 2.75) is 25.4 Å². The van der Waals surface area contributed by atoms with E-state index in [9.17, 15) is 5.11 Å². The molecule has 3 nitrogen and oxygen atoms in total. The average Bonchev–Trinajstić information content (AvgIpc) is 2.26. The Labute approximate surface area is 90.9 Å². The van der Waals surface area contributed by atoms with Crippen LogP contribution in [0.4, 0.5) is 0 Å². The van der Waals surface area contributed by atoms with E-state index in [2.05, 4.69) is 0 Å². The molecule has 0 heterocycles. The normalized spacial score (nSPS) is 12.5. The van der Waals surface area contributed by atoms with Crippen molar-refractivity contribution in [1.29, 1.82) is 0 Å². The Balaban J connectivity index is 2.48. The Bertz CT molecular complexity index is 289. The van der Waals surface area contributed by atoms with Crippen LogP contribution >= 0.6 is 0 Å². The van der Waals surface area contributed by atoms with Crippen molar-refractivity contribution < 1.29 is 9.84 Å². The molecule has 0 spiro atoms. The molecular formula is C12H19NO2. The quantitative estimate of drug-likeness (QED) is 0.743. The number of nitrogens with two attached hydrogens (primary N) is 1. The highest BCUT2D eigenvalue weighted by Crippen LogP contribution is 2.15. The first-order valence-electron chi connectivity index (χ1n) is 5.27. The van der Waals surface area contributed by atoms with E-state index in [0.717, 1.165) is 24.2 Å². The summed E-state index contributed by atoms with van der Waals surface area (Å²) in [5.74, 6) is 0.832. The van der Waals surface area contributed by atoms with E-state index in [4.69, 9.17) is 10.5 Å². The lowest BCUT2D eigenvalue weighted by atomic mass is 10.0. The van der Waals surface area contributed by atoms with Crippen molar-refractivity contribution in [3.63, 3.8) is 0 Å². The van der Waals surface area contributed by atoms with Crippen LogP contribution in [0.5, 0.6) is 5.75 Å². The molecule has 3 N–H and O–H groups in total. The molecule has 0 aliphatic rings. The molecule has 0 aliphatic heterocycles. The molecule has 1 atom stereocenters. The minimum Gasteiger partial charge on any atom is -0.497 e. The maximum Gasteiger partial charge on any atom is 0.119 e. The molecule has 1 aromatic rings. The number of hydrogen-bond donors (Lipinski definition) is 2. The second-order valence-electron chi connectivity index (χ2n) is 3.64. The van der Waals surface area contributed by atoms with Crippen LogP contribution in [0, 0.1) is 0 Å². The van der Waals surface area contributed by atoms with Crippen molar-refractivity contribution in [2.24, 2.45) is 5.73 Å². The highest BCUT2D eigenvalue weighted by Gasteiger charge is 2.05. The molecule has 0 radical (unpaired) electrons. The van der Waals surface area contributed by atoms with E-state index in [1.54, 1.807) is 7.11 Å². The molecule has 0 saturated heterocycles. The largest absolute Gasteiger partial charge is 0.497 e. The number of methoxy groups -OCH3 is 1. The summed E-state index contributed by atoms with van der Waals surface area (Å²) >= 11 is 0. The minimum absolute atomic E-state index is 0.305. The van der Waals surface area contributed by atoms with Crippen molar-refractivity contribution in [1.82, 2.24) is 0 Å². The lowest BCUT2D eigenvalue weighted by Gasteiger charge is -2.10. The van der Waals surface area contributed by atoms with E-state index in [1.807, 2.05) is 24.3 Å². The molecule has 15 heavy (non-hydrogen) atoms. The third-order valence-corrected chi connectivity index (χ3v) is 2.35. The number of hydrogen-bond acceptors (Lipinski definition) is 3. The Morgan fingerprint density at radius 2 is 2.27 bits per heavy atom. The molecule has 0 saturated carbocycles. The fourth-order valence-corrected chi connectivity index (χ4v) is 1.53. The molecule has 1 rings (SSSR count). The van der Waals surface area contributed by atoms with Gasteiger partial charge in [-0.3, -0.25) is 0 Å². The first kappa shape index (κ1) is 12.0. The lowest BCUT2D eigenvalue weighted by Crippen LogP contribution is -2.12. The fraction of sp³-hybridized carbons (Fsp3) is 0.500. The van der Waals surface area contributed by atoms with E-state index in [0.29, 0.717) is 13.0 Å². The topological polar surface area (TPSA) is 55.5 Å². The third-order valence-electron chi connectivity index (χ3n) is 2.35. The van der Waals surface area contributed by atoms with Crippen molar-refractivity contribution in [3.8, 4) is 5.75 Å². The maximum atomic E-state index is 9.70.